The number of fused-ring (bicyclic) bond motifs is 1. The van der Waals surface area contributed by atoms with Gasteiger partial charge in [0, 0.05) is 81.4 Å². The number of carbonyl (C=O) groups excluding carboxylic acids is 1. The minimum absolute atomic E-state index is 0.0654. The van der Waals surface area contributed by atoms with E-state index in [-0.39, 0.29) is 18.0 Å². The number of halogens is 3. The quantitative estimate of drug-likeness (QED) is 0.165. The van der Waals surface area contributed by atoms with Crippen LogP contribution in [-0.4, -0.2) is 74.5 Å². The van der Waals surface area contributed by atoms with Crippen LogP contribution in [0.3, 0.4) is 0 Å². The lowest BCUT2D eigenvalue weighted by atomic mass is 9.88. The van der Waals surface area contributed by atoms with Gasteiger partial charge in [-0.15, -0.1) is 0 Å². The summed E-state index contributed by atoms with van der Waals surface area (Å²) < 4.78 is 2.13. The van der Waals surface area contributed by atoms with Crippen LogP contribution in [-0.2, 0) is 0 Å². The second-order valence-electron chi connectivity index (χ2n) is 14.9. The predicted octanol–water partition coefficient (Wildman–Crippen LogP) is 10.3. The number of hydrogen-bond acceptors (Lipinski definition) is 4. The maximum atomic E-state index is 14.8. The van der Waals surface area contributed by atoms with Crippen LogP contribution in [0.2, 0.25) is 15.1 Å². The third-order valence-electron chi connectivity index (χ3n) is 11.9. The molecule has 0 bridgehead atoms. The smallest absolute Gasteiger partial charge is 0.268 e. The van der Waals surface area contributed by atoms with Crippen molar-refractivity contribution in [3.63, 3.8) is 0 Å². The fourth-order valence-corrected chi connectivity index (χ4v) is 9.86. The summed E-state index contributed by atoms with van der Waals surface area (Å²) in [6, 6.07) is 22.4. The molecule has 2 aromatic heterocycles. The lowest BCUT2D eigenvalue weighted by Gasteiger charge is -2.46. The van der Waals surface area contributed by atoms with Gasteiger partial charge in [0.05, 0.1) is 23.8 Å². The lowest BCUT2D eigenvalue weighted by Crippen LogP contribution is -2.59. The van der Waals surface area contributed by atoms with E-state index in [1.54, 1.807) is 6.07 Å². The number of rotatable bonds is 8. The Morgan fingerprint density at radius 2 is 1.52 bits per heavy atom. The first-order valence-corrected chi connectivity index (χ1v) is 20.2. The van der Waals surface area contributed by atoms with Crippen molar-refractivity contribution in [2.24, 2.45) is 0 Å². The number of imidazole rings is 1. The van der Waals surface area contributed by atoms with Gasteiger partial charge in [0.1, 0.15) is 5.69 Å². The first-order valence-electron chi connectivity index (χ1n) is 19.0. The van der Waals surface area contributed by atoms with Crippen molar-refractivity contribution < 1.29 is 4.79 Å². The van der Waals surface area contributed by atoms with Crippen LogP contribution >= 0.6 is 34.8 Å². The fraction of sp³-hybridized carbons (Fsp3) is 0.429. The van der Waals surface area contributed by atoms with Gasteiger partial charge < -0.3 is 14.9 Å². The van der Waals surface area contributed by atoms with Gasteiger partial charge in [0.25, 0.3) is 5.91 Å². The Morgan fingerprint density at radius 1 is 0.827 bits per heavy atom. The fourth-order valence-electron chi connectivity index (χ4n) is 9.12. The van der Waals surface area contributed by atoms with Crippen LogP contribution in [0.15, 0.2) is 73.1 Å². The summed E-state index contributed by atoms with van der Waals surface area (Å²) in [5, 5.41) is 6.23. The minimum Gasteiger partial charge on any atom is -0.350 e. The third-order valence-corrected chi connectivity index (χ3v) is 12.6. The highest BCUT2D eigenvalue weighted by Crippen LogP contribution is 2.42. The highest BCUT2D eigenvalue weighted by molar-refractivity contribution is 6.35. The monoisotopic (exact) mass is 756 g/mol. The Labute approximate surface area is 321 Å². The topological polar surface area (TPSA) is 69.2 Å². The van der Waals surface area contributed by atoms with Crippen molar-refractivity contribution in [2.45, 2.75) is 88.9 Å². The molecule has 3 fully saturated rings. The zero-order valence-corrected chi connectivity index (χ0v) is 32.0. The Kier molecular flexibility index (Phi) is 10.7. The number of amides is 1. The van der Waals surface area contributed by atoms with Gasteiger partial charge in [-0.25, -0.2) is 4.98 Å². The molecule has 3 aliphatic rings. The molecule has 1 aliphatic heterocycles. The predicted molar refractivity (Wildman–Crippen MR) is 214 cm³/mol. The summed E-state index contributed by atoms with van der Waals surface area (Å²) in [5.74, 6) is -0.107. The molecule has 7 nitrogen and oxygen atoms in total. The van der Waals surface area contributed by atoms with Gasteiger partial charge >= 0.3 is 0 Å². The largest absolute Gasteiger partial charge is 0.350 e. The van der Waals surface area contributed by atoms with E-state index in [1.807, 2.05) is 54.9 Å². The number of benzene rings is 3. The van der Waals surface area contributed by atoms with Crippen molar-refractivity contribution >= 4 is 51.6 Å². The van der Waals surface area contributed by atoms with E-state index >= 15 is 0 Å². The summed E-state index contributed by atoms with van der Waals surface area (Å²) in [6.07, 6.45) is 13.0. The van der Waals surface area contributed by atoms with Crippen molar-refractivity contribution in [2.75, 3.05) is 26.2 Å². The number of hydrogen-bond donors (Lipinski definition) is 2. The molecule has 3 heterocycles. The molecule has 8 rings (SSSR count). The number of carbonyl (C=O) groups is 1. The Balaban J connectivity index is 1.16. The summed E-state index contributed by atoms with van der Waals surface area (Å²) in [5.41, 5.74) is 5.60. The van der Waals surface area contributed by atoms with E-state index < -0.39 is 0 Å². The second-order valence-corrected chi connectivity index (χ2v) is 16.2. The average Bonchev–Trinajstić information content (AvgIpc) is 3.77. The highest BCUT2D eigenvalue weighted by atomic mass is 35.5. The van der Waals surface area contributed by atoms with Crippen LogP contribution in [0, 0.1) is 0 Å². The molecule has 52 heavy (non-hydrogen) atoms. The molecule has 2 saturated carbocycles. The van der Waals surface area contributed by atoms with Gasteiger partial charge in [-0.3, -0.25) is 14.6 Å². The lowest BCUT2D eigenvalue weighted by molar-refractivity contribution is 0.0340. The third kappa shape index (κ3) is 7.15. The highest BCUT2D eigenvalue weighted by Gasteiger charge is 2.36. The van der Waals surface area contributed by atoms with Crippen molar-refractivity contribution in [1.82, 2.24) is 29.7 Å². The number of H-pyrrole nitrogens is 1. The zero-order chi connectivity index (χ0) is 35.8. The maximum Gasteiger partial charge on any atom is 0.268 e. The molecule has 10 heteroatoms. The molecule has 1 saturated heterocycles. The number of nitrogens with zero attached hydrogens (tertiary/aromatic N) is 4. The number of nitrogens with one attached hydrogen (secondary N) is 2. The number of aromatic nitrogens is 3. The molecule has 5 aromatic rings. The molecular weight excluding hydrogens is 711 g/mol. The molecule has 0 spiro atoms. The van der Waals surface area contributed by atoms with Crippen LogP contribution in [0.1, 0.15) is 86.8 Å². The van der Waals surface area contributed by atoms with Crippen LogP contribution in [0.25, 0.3) is 33.4 Å². The SMILES string of the molecule is CC(c1ccc(Cl)cc1Cl)n1cnc(-c2ccccc2)c1-c1c(C(=O)N[C@H]2CCCCC2N2CCN(C3CCCCC3)CC2)[nH]c2cc(Cl)ccc12. The van der Waals surface area contributed by atoms with E-state index in [1.165, 1.54) is 38.5 Å². The molecule has 1 amide bonds. The average molecular weight is 758 g/mol. The molecular formula is C42H47Cl3N6O. The van der Waals surface area contributed by atoms with E-state index in [0.717, 1.165) is 90.5 Å². The van der Waals surface area contributed by atoms with Crippen LogP contribution in [0.5, 0.6) is 0 Å². The van der Waals surface area contributed by atoms with Crippen molar-refractivity contribution in [3.05, 3.63) is 99.4 Å². The normalized spacial score (nSPS) is 21.4. The Bertz CT molecular complexity index is 2030. The van der Waals surface area contributed by atoms with E-state index in [4.69, 9.17) is 39.8 Å². The molecule has 2 unspecified atom stereocenters. The minimum atomic E-state index is -0.215. The summed E-state index contributed by atoms with van der Waals surface area (Å²) in [4.78, 5) is 28.7. The molecule has 2 N–H and O–H groups in total. The van der Waals surface area contributed by atoms with Crippen molar-refractivity contribution in [3.8, 4) is 22.5 Å². The maximum absolute atomic E-state index is 14.8. The molecule has 3 atom stereocenters. The van der Waals surface area contributed by atoms with E-state index in [9.17, 15) is 4.79 Å². The first kappa shape index (κ1) is 35.7. The first-order chi connectivity index (χ1) is 25.4. The Hall–Kier alpha value is -3.33. The molecule has 3 aromatic carbocycles. The van der Waals surface area contributed by atoms with Gasteiger partial charge in [0.2, 0.25) is 0 Å². The summed E-state index contributed by atoms with van der Waals surface area (Å²) in [7, 11) is 0. The Morgan fingerprint density at radius 3 is 2.29 bits per heavy atom. The standard InChI is InChI=1S/C42H47Cl3N6O/c1-27(32-18-16-29(43)24-34(32)45)51-26-46-39(28-10-4-2-5-11-28)41(51)38-33-19-17-30(44)25-36(33)47-40(38)42(52)48-35-14-8-9-15-37(35)50-22-20-49(21-23-50)31-12-6-3-7-13-31/h2,4-5,10-11,16-19,24-27,31,35,37,47H,3,6-9,12-15,20-23H2,1H3,(H,48,52)/t27?,35-,37?/m0/s1. The second kappa shape index (κ2) is 15.6. The van der Waals surface area contributed by atoms with Crippen LogP contribution < -0.4 is 5.32 Å². The van der Waals surface area contributed by atoms with Crippen molar-refractivity contribution in [1.29, 1.82) is 0 Å². The number of aromatic amines is 1. The molecule has 2 aliphatic carbocycles. The van der Waals surface area contributed by atoms with E-state index in [0.29, 0.717) is 26.8 Å². The van der Waals surface area contributed by atoms with Gasteiger partial charge in [-0.1, -0.05) is 109 Å². The zero-order valence-electron chi connectivity index (χ0n) is 29.8. The number of piperazine rings is 1. The van der Waals surface area contributed by atoms with Gasteiger partial charge in [-0.2, -0.15) is 0 Å². The molecule has 0 radical (unpaired) electrons. The summed E-state index contributed by atoms with van der Waals surface area (Å²) >= 11 is 19.7. The van der Waals surface area contributed by atoms with Crippen LogP contribution in [0.4, 0.5) is 0 Å². The van der Waals surface area contributed by atoms with Gasteiger partial charge in [0.15, 0.2) is 0 Å². The van der Waals surface area contributed by atoms with E-state index in [2.05, 4.69) is 43.7 Å². The summed E-state index contributed by atoms with van der Waals surface area (Å²) in [6.45, 7) is 6.47. The van der Waals surface area contributed by atoms with Gasteiger partial charge in [-0.05, 0) is 62.4 Å². The molecule has 272 valence electrons.